The first-order chi connectivity index (χ1) is 15.0. The van der Waals surface area contributed by atoms with Crippen LogP contribution in [0.2, 0.25) is 0 Å². The number of fused-ring (bicyclic) bond motifs is 3. The molecule has 0 aromatic heterocycles. The predicted molar refractivity (Wildman–Crippen MR) is 119 cm³/mol. The molecule has 2 aromatic rings. The van der Waals surface area contributed by atoms with Gasteiger partial charge in [0.15, 0.2) is 6.61 Å². The minimum Gasteiger partial charge on any atom is -0.452 e. The molecule has 31 heavy (non-hydrogen) atoms. The van der Waals surface area contributed by atoms with Gasteiger partial charge in [-0.05, 0) is 61.1 Å². The van der Waals surface area contributed by atoms with Crippen LogP contribution < -0.4 is 15.5 Å². The van der Waals surface area contributed by atoms with E-state index >= 15 is 0 Å². The largest absolute Gasteiger partial charge is 0.452 e. The summed E-state index contributed by atoms with van der Waals surface area (Å²) in [5.41, 5.74) is 3.68. The van der Waals surface area contributed by atoms with Crippen molar-refractivity contribution < 1.29 is 19.1 Å². The standard InChI is InChI=1S/C24H27N3O4/c1-3-15(2)16-6-9-18(10-7-16)25-22(28)14-31-24(30)17-8-11-20-19(13-17)26-23(29)21-5-4-12-27(20)21/h6-11,13,15,21H,3-5,12,14H2,1-2H3,(H,25,28)(H,26,29)/t15-,21+/m0/s1. The molecule has 162 valence electrons. The lowest BCUT2D eigenvalue weighted by molar-refractivity contribution is -0.119. The zero-order valence-electron chi connectivity index (χ0n) is 17.8. The van der Waals surface area contributed by atoms with Gasteiger partial charge in [-0.25, -0.2) is 4.79 Å². The second-order valence-electron chi connectivity index (χ2n) is 8.13. The van der Waals surface area contributed by atoms with Crippen molar-refractivity contribution in [3.8, 4) is 0 Å². The summed E-state index contributed by atoms with van der Waals surface area (Å²) in [5, 5.41) is 5.61. The summed E-state index contributed by atoms with van der Waals surface area (Å²) in [4.78, 5) is 38.9. The third-order valence-electron chi connectivity index (χ3n) is 6.07. The predicted octanol–water partition coefficient (Wildman–Crippen LogP) is 3.92. The topological polar surface area (TPSA) is 87.7 Å². The van der Waals surface area contributed by atoms with Gasteiger partial charge < -0.3 is 20.3 Å². The minimum atomic E-state index is -0.608. The fourth-order valence-corrected chi connectivity index (χ4v) is 4.10. The van der Waals surface area contributed by atoms with Crippen molar-refractivity contribution in [1.29, 1.82) is 0 Å². The van der Waals surface area contributed by atoms with Crippen LogP contribution in [0.25, 0.3) is 0 Å². The van der Waals surface area contributed by atoms with E-state index in [2.05, 4.69) is 29.4 Å². The number of esters is 1. The normalized spacial score (nSPS) is 17.9. The van der Waals surface area contributed by atoms with Gasteiger partial charge in [-0.3, -0.25) is 9.59 Å². The summed E-state index contributed by atoms with van der Waals surface area (Å²) >= 11 is 0. The van der Waals surface area contributed by atoms with Crippen LogP contribution in [-0.4, -0.2) is 37.0 Å². The summed E-state index contributed by atoms with van der Waals surface area (Å²) in [6.07, 6.45) is 2.86. The lowest BCUT2D eigenvalue weighted by Crippen LogP contribution is -2.43. The van der Waals surface area contributed by atoms with Gasteiger partial charge in [0.05, 0.1) is 16.9 Å². The molecule has 0 bridgehead atoms. The molecule has 1 fully saturated rings. The van der Waals surface area contributed by atoms with Crippen molar-refractivity contribution in [2.45, 2.75) is 45.1 Å². The van der Waals surface area contributed by atoms with Crippen LogP contribution in [0.4, 0.5) is 17.1 Å². The fraction of sp³-hybridized carbons (Fsp3) is 0.375. The highest BCUT2D eigenvalue weighted by atomic mass is 16.5. The number of nitrogens with zero attached hydrogens (tertiary/aromatic N) is 1. The number of ether oxygens (including phenoxy) is 1. The van der Waals surface area contributed by atoms with Gasteiger partial charge in [0.2, 0.25) is 5.91 Å². The molecular weight excluding hydrogens is 394 g/mol. The van der Waals surface area contributed by atoms with Crippen molar-refractivity contribution in [3.05, 3.63) is 53.6 Å². The van der Waals surface area contributed by atoms with Gasteiger partial charge in [0.25, 0.3) is 5.91 Å². The van der Waals surface area contributed by atoms with Crippen molar-refractivity contribution in [2.24, 2.45) is 0 Å². The zero-order valence-corrected chi connectivity index (χ0v) is 17.8. The van der Waals surface area contributed by atoms with E-state index in [0.29, 0.717) is 22.9 Å². The molecule has 1 saturated heterocycles. The number of benzene rings is 2. The first-order valence-corrected chi connectivity index (χ1v) is 10.7. The number of hydrogen-bond donors (Lipinski definition) is 2. The molecule has 2 amide bonds. The summed E-state index contributed by atoms with van der Waals surface area (Å²) in [5.74, 6) is -0.601. The van der Waals surface area contributed by atoms with Gasteiger partial charge in [0, 0.05) is 12.2 Å². The Balaban J connectivity index is 1.34. The van der Waals surface area contributed by atoms with Crippen LogP contribution in [0.3, 0.4) is 0 Å². The van der Waals surface area contributed by atoms with E-state index in [1.807, 2.05) is 30.3 Å². The Morgan fingerprint density at radius 1 is 1.23 bits per heavy atom. The Bertz CT molecular complexity index is 1000. The summed E-state index contributed by atoms with van der Waals surface area (Å²) < 4.78 is 5.17. The second-order valence-corrected chi connectivity index (χ2v) is 8.13. The number of carbonyl (C=O) groups excluding carboxylic acids is 3. The molecule has 4 rings (SSSR count). The van der Waals surface area contributed by atoms with Gasteiger partial charge in [0.1, 0.15) is 6.04 Å². The van der Waals surface area contributed by atoms with Gasteiger partial charge >= 0.3 is 5.97 Å². The Labute approximate surface area is 181 Å². The quantitative estimate of drug-likeness (QED) is 0.691. The summed E-state index contributed by atoms with van der Waals surface area (Å²) in [6, 6.07) is 12.6. The SMILES string of the molecule is CC[C@H](C)c1ccc(NC(=O)COC(=O)c2ccc3c(c2)NC(=O)[C@H]2CCCN32)cc1. The summed E-state index contributed by atoms with van der Waals surface area (Å²) in [6.45, 7) is 4.73. The highest BCUT2D eigenvalue weighted by Gasteiger charge is 2.36. The minimum absolute atomic E-state index is 0.0470. The lowest BCUT2D eigenvalue weighted by Gasteiger charge is -2.33. The molecule has 2 aromatic carbocycles. The molecule has 0 spiro atoms. The first-order valence-electron chi connectivity index (χ1n) is 10.7. The third kappa shape index (κ3) is 4.40. The molecule has 0 aliphatic carbocycles. The number of anilines is 3. The zero-order chi connectivity index (χ0) is 22.0. The van der Waals surface area contributed by atoms with Crippen molar-refractivity contribution >= 4 is 34.8 Å². The van der Waals surface area contributed by atoms with Crippen molar-refractivity contribution in [1.82, 2.24) is 0 Å². The van der Waals surface area contributed by atoms with E-state index < -0.39 is 11.9 Å². The first kappa shape index (κ1) is 20.9. The Kier molecular flexibility index (Phi) is 5.93. The molecule has 0 unspecified atom stereocenters. The summed E-state index contributed by atoms with van der Waals surface area (Å²) in [7, 11) is 0. The smallest absolute Gasteiger partial charge is 0.338 e. The fourth-order valence-electron chi connectivity index (χ4n) is 4.10. The van der Waals surface area contributed by atoms with Crippen molar-refractivity contribution in [3.63, 3.8) is 0 Å². The number of hydrogen-bond acceptors (Lipinski definition) is 5. The molecule has 2 heterocycles. The number of rotatable bonds is 6. The monoisotopic (exact) mass is 421 g/mol. The van der Waals surface area contributed by atoms with E-state index in [9.17, 15) is 14.4 Å². The molecule has 0 saturated carbocycles. The van der Waals surface area contributed by atoms with Crippen LogP contribution in [0.5, 0.6) is 0 Å². The molecule has 2 aliphatic heterocycles. The number of nitrogens with one attached hydrogen (secondary N) is 2. The Morgan fingerprint density at radius 3 is 2.74 bits per heavy atom. The maximum Gasteiger partial charge on any atom is 0.338 e. The maximum atomic E-state index is 12.4. The average Bonchev–Trinajstić information content (AvgIpc) is 3.28. The molecular formula is C24H27N3O4. The highest BCUT2D eigenvalue weighted by Crippen LogP contribution is 2.37. The lowest BCUT2D eigenvalue weighted by atomic mass is 9.99. The highest BCUT2D eigenvalue weighted by molar-refractivity contribution is 6.05. The van der Waals surface area contributed by atoms with E-state index in [1.165, 1.54) is 5.56 Å². The van der Waals surface area contributed by atoms with E-state index in [1.54, 1.807) is 12.1 Å². The van der Waals surface area contributed by atoms with Crippen LogP contribution in [0, 0.1) is 0 Å². The van der Waals surface area contributed by atoms with E-state index in [0.717, 1.165) is 31.5 Å². The molecule has 2 N–H and O–H groups in total. The average molecular weight is 421 g/mol. The van der Waals surface area contributed by atoms with Crippen molar-refractivity contribution in [2.75, 3.05) is 28.7 Å². The van der Waals surface area contributed by atoms with Gasteiger partial charge in [-0.2, -0.15) is 0 Å². The number of amides is 2. The number of carbonyl (C=O) groups is 3. The molecule has 7 nitrogen and oxygen atoms in total. The Morgan fingerprint density at radius 2 is 2.00 bits per heavy atom. The van der Waals surface area contributed by atoms with Crippen LogP contribution >= 0.6 is 0 Å². The third-order valence-corrected chi connectivity index (χ3v) is 6.07. The second kappa shape index (κ2) is 8.79. The Hall–Kier alpha value is -3.35. The molecule has 0 radical (unpaired) electrons. The van der Waals surface area contributed by atoms with E-state index in [4.69, 9.17) is 4.74 Å². The van der Waals surface area contributed by atoms with Crippen LogP contribution in [0.1, 0.15) is 54.9 Å². The maximum absolute atomic E-state index is 12.4. The molecule has 7 heteroatoms. The van der Waals surface area contributed by atoms with Crippen LogP contribution in [-0.2, 0) is 14.3 Å². The van der Waals surface area contributed by atoms with E-state index in [-0.39, 0.29) is 18.6 Å². The molecule has 2 aliphatic rings. The van der Waals surface area contributed by atoms with Gasteiger partial charge in [-0.1, -0.05) is 26.0 Å². The van der Waals surface area contributed by atoms with Crippen LogP contribution in [0.15, 0.2) is 42.5 Å². The van der Waals surface area contributed by atoms with Gasteiger partial charge in [-0.15, -0.1) is 0 Å². The molecule has 2 atom stereocenters.